The monoisotopic (exact) mass is 245 g/mol. The molecule has 4 nitrogen and oxygen atoms in total. The van der Waals surface area contributed by atoms with Gasteiger partial charge in [0.1, 0.15) is 11.8 Å². The SMILES string of the molecule is CC(C)(C)OC(=O)N1[C@H]2CC[C@H]1[C@@H](F)[C@H](O)C2. The van der Waals surface area contributed by atoms with Crippen LogP contribution in [0.2, 0.25) is 0 Å². The largest absolute Gasteiger partial charge is 0.444 e. The topological polar surface area (TPSA) is 49.8 Å². The molecule has 2 heterocycles. The molecule has 2 aliphatic heterocycles. The second-order valence-corrected chi connectivity index (χ2v) is 5.93. The number of ether oxygens (including phenoxy) is 1. The number of carbonyl (C=O) groups is 1. The average molecular weight is 245 g/mol. The molecule has 0 aromatic carbocycles. The molecular weight excluding hydrogens is 225 g/mol. The summed E-state index contributed by atoms with van der Waals surface area (Å²) in [5.41, 5.74) is -0.571. The van der Waals surface area contributed by atoms with Gasteiger partial charge in [0, 0.05) is 6.04 Å². The van der Waals surface area contributed by atoms with E-state index in [4.69, 9.17) is 4.74 Å². The Morgan fingerprint density at radius 2 is 2.06 bits per heavy atom. The molecule has 17 heavy (non-hydrogen) atoms. The Morgan fingerprint density at radius 3 is 2.65 bits per heavy atom. The van der Waals surface area contributed by atoms with Gasteiger partial charge in [-0.05, 0) is 40.0 Å². The zero-order valence-electron chi connectivity index (χ0n) is 10.5. The summed E-state index contributed by atoms with van der Waals surface area (Å²) in [5, 5.41) is 9.54. The third-order valence-electron chi connectivity index (χ3n) is 3.40. The number of carbonyl (C=O) groups excluding carboxylic acids is 1. The number of aliphatic hydroxyl groups excluding tert-OH is 1. The van der Waals surface area contributed by atoms with E-state index in [-0.39, 0.29) is 6.04 Å². The molecule has 5 heteroatoms. The highest BCUT2D eigenvalue weighted by Crippen LogP contribution is 2.38. The molecule has 0 aromatic rings. The second-order valence-electron chi connectivity index (χ2n) is 5.93. The summed E-state index contributed by atoms with van der Waals surface area (Å²) in [7, 11) is 0. The molecule has 2 aliphatic rings. The van der Waals surface area contributed by atoms with E-state index in [1.54, 1.807) is 20.8 Å². The minimum atomic E-state index is -1.35. The van der Waals surface area contributed by atoms with Crippen LogP contribution < -0.4 is 0 Å². The molecular formula is C12H20FNO3. The van der Waals surface area contributed by atoms with Crippen LogP contribution in [0.25, 0.3) is 0 Å². The zero-order valence-corrected chi connectivity index (χ0v) is 10.5. The lowest BCUT2D eigenvalue weighted by atomic mass is 9.98. The van der Waals surface area contributed by atoms with Gasteiger partial charge in [0.25, 0.3) is 0 Å². The summed E-state index contributed by atoms with van der Waals surface area (Å²) >= 11 is 0. The number of amides is 1. The lowest BCUT2D eigenvalue weighted by molar-refractivity contribution is -0.0478. The van der Waals surface area contributed by atoms with Gasteiger partial charge in [0.15, 0.2) is 0 Å². The summed E-state index contributed by atoms with van der Waals surface area (Å²) < 4.78 is 19.1. The van der Waals surface area contributed by atoms with Crippen molar-refractivity contribution in [3.8, 4) is 0 Å². The number of rotatable bonds is 0. The fourth-order valence-corrected chi connectivity index (χ4v) is 2.72. The lowest BCUT2D eigenvalue weighted by Crippen LogP contribution is -2.55. The van der Waals surface area contributed by atoms with Crippen molar-refractivity contribution >= 4 is 6.09 Å². The lowest BCUT2D eigenvalue weighted by Gasteiger charge is -2.39. The number of aliphatic hydroxyl groups is 1. The highest BCUT2D eigenvalue weighted by molar-refractivity contribution is 5.69. The van der Waals surface area contributed by atoms with Crippen molar-refractivity contribution in [3.63, 3.8) is 0 Å². The normalized spacial score (nSPS) is 37.1. The minimum Gasteiger partial charge on any atom is -0.444 e. The number of halogens is 1. The van der Waals surface area contributed by atoms with Gasteiger partial charge in [0.2, 0.25) is 0 Å². The third-order valence-corrected chi connectivity index (χ3v) is 3.40. The Bertz CT molecular complexity index is 315. The average Bonchev–Trinajstić information content (AvgIpc) is 2.51. The Hall–Kier alpha value is -0.840. The molecule has 2 rings (SSSR count). The van der Waals surface area contributed by atoms with E-state index in [2.05, 4.69) is 0 Å². The van der Waals surface area contributed by atoms with Crippen molar-refractivity contribution in [2.45, 2.75) is 70.0 Å². The van der Waals surface area contributed by atoms with E-state index < -0.39 is 30.0 Å². The van der Waals surface area contributed by atoms with E-state index in [0.29, 0.717) is 12.8 Å². The van der Waals surface area contributed by atoms with Crippen LogP contribution >= 0.6 is 0 Å². The van der Waals surface area contributed by atoms with Gasteiger partial charge in [-0.25, -0.2) is 9.18 Å². The Labute approximate surface area is 101 Å². The van der Waals surface area contributed by atoms with Gasteiger partial charge >= 0.3 is 6.09 Å². The Morgan fingerprint density at radius 1 is 1.41 bits per heavy atom. The molecule has 0 unspecified atom stereocenters. The maximum Gasteiger partial charge on any atom is 0.410 e. The quantitative estimate of drug-likeness (QED) is 0.708. The number of piperidine rings is 1. The summed E-state index contributed by atoms with van der Waals surface area (Å²) in [6, 6.07) is -0.588. The Balaban J connectivity index is 2.10. The van der Waals surface area contributed by atoms with Crippen molar-refractivity contribution in [2.24, 2.45) is 0 Å². The van der Waals surface area contributed by atoms with Crippen LogP contribution in [-0.2, 0) is 4.74 Å². The molecule has 2 saturated heterocycles. The fraction of sp³-hybridized carbons (Fsp3) is 0.917. The number of alkyl halides is 1. The van der Waals surface area contributed by atoms with Gasteiger partial charge in [-0.15, -0.1) is 0 Å². The first-order valence-corrected chi connectivity index (χ1v) is 6.13. The van der Waals surface area contributed by atoms with Gasteiger partial charge < -0.3 is 9.84 Å². The molecule has 98 valence electrons. The molecule has 1 amide bonds. The molecule has 2 bridgehead atoms. The summed E-state index contributed by atoms with van der Waals surface area (Å²) in [6.45, 7) is 5.37. The second kappa shape index (κ2) is 4.12. The van der Waals surface area contributed by atoms with Gasteiger partial charge in [-0.1, -0.05) is 0 Å². The maximum atomic E-state index is 13.8. The molecule has 0 saturated carbocycles. The molecule has 0 aromatic heterocycles. The van der Waals surface area contributed by atoms with Gasteiger partial charge in [-0.3, -0.25) is 4.90 Å². The van der Waals surface area contributed by atoms with E-state index in [9.17, 15) is 14.3 Å². The van der Waals surface area contributed by atoms with Gasteiger partial charge in [-0.2, -0.15) is 0 Å². The van der Waals surface area contributed by atoms with Crippen molar-refractivity contribution < 1.29 is 19.0 Å². The van der Waals surface area contributed by atoms with Crippen LogP contribution in [-0.4, -0.2) is 46.1 Å². The van der Waals surface area contributed by atoms with E-state index in [1.807, 2.05) is 0 Å². The van der Waals surface area contributed by atoms with E-state index in [1.165, 1.54) is 4.90 Å². The van der Waals surface area contributed by atoms with Crippen LogP contribution in [0.5, 0.6) is 0 Å². The molecule has 0 radical (unpaired) electrons. The van der Waals surface area contributed by atoms with E-state index in [0.717, 1.165) is 6.42 Å². The first-order chi connectivity index (χ1) is 7.79. The summed E-state index contributed by atoms with van der Waals surface area (Å²) in [4.78, 5) is 13.5. The van der Waals surface area contributed by atoms with Crippen molar-refractivity contribution in [2.75, 3.05) is 0 Å². The van der Waals surface area contributed by atoms with Crippen LogP contribution in [0.1, 0.15) is 40.0 Å². The minimum absolute atomic E-state index is 0.0724. The highest BCUT2D eigenvalue weighted by atomic mass is 19.1. The van der Waals surface area contributed by atoms with Gasteiger partial charge in [0.05, 0.1) is 12.1 Å². The number of nitrogens with zero attached hydrogens (tertiary/aromatic N) is 1. The smallest absolute Gasteiger partial charge is 0.410 e. The number of hydrogen-bond donors (Lipinski definition) is 1. The van der Waals surface area contributed by atoms with Crippen LogP contribution in [0.15, 0.2) is 0 Å². The predicted molar refractivity (Wildman–Crippen MR) is 60.4 cm³/mol. The third kappa shape index (κ3) is 2.39. The molecule has 4 atom stereocenters. The van der Waals surface area contributed by atoms with Crippen LogP contribution in [0, 0.1) is 0 Å². The highest BCUT2D eigenvalue weighted by Gasteiger charge is 2.50. The zero-order chi connectivity index (χ0) is 12.8. The molecule has 0 aliphatic carbocycles. The van der Waals surface area contributed by atoms with Crippen LogP contribution in [0.3, 0.4) is 0 Å². The summed E-state index contributed by atoms with van der Waals surface area (Å²) in [5.74, 6) is 0. The molecule has 0 spiro atoms. The summed E-state index contributed by atoms with van der Waals surface area (Å²) in [6.07, 6.45) is -1.06. The van der Waals surface area contributed by atoms with E-state index >= 15 is 0 Å². The molecule has 2 fully saturated rings. The predicted octanol–water partition coefficient (Wildman–Crippen LogP) is 1.86. The van der Waals surface area contributed by atoms with Crippen molar-refractivity contribution in [1.82, 2.24) is 4.90 Å². The van der Waals surface area contributed by atoms with Crippen molar-refractivity contribution in [1.29, 1.82) is 0 Å². The number of fused-ring (bicyclic) bond motifs is 2. The Kier molecular flexibility index (Phi) is 3.06. The first kappa shape index (κ1) is 12.6. The molecule has 1 N–H and O–H groups in total. The maximum absolute atomic E-state index is 13.8. The number of hydrogen-bond acceptors (Lipinski definition) is 3. The fourth-order valence-electron chi connectivity index (χ4n) is 2.72. The van der Waals surface area contributed by atoms with Crippen molar-refractivity contribution in [3.05, 3.63) is 0 Å². The van der Waals surface area contributed by atoms with Crippen LogP contribution in [0.4, 0.5) is 9.18 Å². The standard InChI is InChI=1S/C12H20FNO3/c1-12(2,3)17-11(16)14-7-4-5-8(14)10(13)9(15)6-7/h7-10,15H,4-6H2,1-3H3/t7-,8-,9+,10+/m0/s1. The first-order valence-electron chi connectivity index (χ1n) is 6.13.